The number of nitro groups is 1. The van der Waals surface area contributed by atoms with Gasteiger partial charge in [0.15, 0.2) is 0 Å². The molecule has 0 radical (unpaired) electrons. The predicted molar refractivity (Wildman–Crippen MR) is 70.9 cm³/mol. The molecule has 1 aromatic rings. The molecule has 8 heteroatoms. The minimum Gasteiger partial charge on any atom is -0.375 e. The zero-order valence-electron chi connectivity index (χ0n) is 10.9. The number of morpholine rings is 1. The number of ether oxygens (including phenoxy) is 1. The highest BCUT2D eigenvalue weighted by molar-refractivity contribution is 5.56. The lowest BCUT2D eigenvalue weighted by Gasteiger charge is -2.37. The van der Waals surface area contributed by atoms with Crippen molar-refractivity contribution in [1.29, 1.82) is 0 Å². The van der Waals surface area contributed by atoms with E-state index in [-0.39, 0.29) is 23.7 Å². The van der Waals surface area contributed by atoms with E-state index in [1.165, 1.54) is 12.1 Å². The summed E-state index contributed by atoms with van der Waals surface area (Å²) in [5, 5.41) is 10.9. The molecule has 3 N–H and O–H groups in total. The highest BCUT2D eigenvalue weighted by atomic mass is 16.6. The van der Waals surface area contributed by atoms with Gasteiger partial charge in [-0.3, -0.25) is 10.1 Å². The van der Waals surface area contributed by atoms with E-state index in [1.807, 2.05) is 18.7 Å². The van der Waals surface area contributed by atoms with Crippen LogP contribution in [0.2, 0.25) is 0 Å². The van der Waals surface area contributed by atoms with Gasteiger partial charge in [-0.2, -0.15) is 0 Å². The van der Waals surface area contributed by atoms with Gasteiger partial charge in [-0.25, -0.2) is 10.8 Å². The van der Waals surface area contributed by atoms with Crippen LogP contribution in [0.25, 0.3) is 0 Å². The first kappa shape index (κ1) is 13.5. The molecule has 2 rings (SSSR count). The highest BCUT2D eigenvalue weighted by Crippen LogP contribution is 2.26. The van der Waals surface area contributed by atoms with Crippen LogP contribution >= 0.6 is 0 Å². The molecule has 19 heavy (non-hydrogen) atoms. The second-order valence-corrected chi connectivity index (χ2v) is 4.62. The quantitative estimate of drug-likeness (QED) is 0.475. The van der Waals surface area contributed by atoms with Gasteiger partial charge in [0, 0.05) is 6.54 Å². The maximum Gasteiger partial charge on any atom is 0.276 e. The molecule has 1 aliphatic rings. The fourth-order valence-corrected chi connectivity index (χ4v) is 2.05. The van der Waals surface area contributed by atoms with Gasteiger partial charge in [0.05, 0.1) is 35.8 Å². The molecule has 1 fully saturated rings. The normalized spacial score (nSPS) is 23.2. The van der Waals surface area contributed by atoms with Gasteiger partial charge >= 0.3 is 0 Å². The van der Waals surface area contributed by atoms with Crippen molar-refractivity contribution in [1.82, 2.24) is 4.98 Å². The molecule has 0 saturated carbocycles. The molecule has 0 aromatic carbocycles. The SMILES string of the molecule is CC1CN(c2cc([N+](=O)[O-])cc(NN)n2)C(C)CO1. The molecule has 0 amide bonds. The smallest absolute Gasteiger partial charge is 0.276 e. The molecular weight excluding hydrogens is 250 g/mol. The molecule has 8 nitrogen and oxygen atoms in total. The van der Waals surface area contributed by atoms with Crippen LogP contribution in [0.1, 0.15) is 13.8 Å². The fraction of sp³-hybridized carbons (Fsp3) is 0.545. The van der Waals surface area contributed by atoms with Gasteiger partial charge in [-0.05, 0) is 13.8 Å². The molecular formula is C11H17N5O3. The van der Waals surface area contributed by atoms with Crippen molar-refractivity contribution in [2.75, 3.05) is 23.5 Å². The predicted octanol–water partition coefficient (Wildman–Crippen LogP) is 0.889. The Bertz CT molecular complexity index is 481. The fourth-order valence-electron chi connectivity index (χ4n) is 2.05. The third-order valence-corrected chi connectivity index (χ3v) is 3.06. The molecule has 104 valence electrons. The number of nitrogens with one attached hydrogen (secondary N) is 1. The summed E-state index contributed by atoms with van der Waals surface area (Å²) in [6.07, 6.45) is 0.0616. The van der Waals surface area contributed by atoms with Crippen molar-refractivity contribution in [3.8, 4) is 0 Å². The van der Waals surface area contributed by atoms with E-state index in [4.69, 9.17) is 10.6 Å². The maximum absolute atomic E-state index is 10.9. The lowest BCUT2D eigenvalue weighted by Crippen LogP contribution is -2.47. The maximum atomic E-state index is 10.9. The topological polar surface area (TPSA) is 107 Å². The van der Waals surface area contributed by atoms with E-state index in [2.05, 4.69) is 10.4 Å². The number of nitrogens with zero attached hydrogens (tertiary/aromatic N) is 3. The van der Waals surface area contributed by atoms with Crippen molar-refractivity contribution < 1.29 is 9.66 Å². The number of hydrazine groups is 1. The summed E-state index contributed by atoms with van der Waals surface area (Å²) in [6, 6.07) is 2.87. The molecule has 0 aliphatic carbocycles. The van der Waals surface area contributed by atoms with Crippen LogP contribution in [0.5, 0.6) is 0 Å². The van der Waals surface area contributed by atoms with E-state index in [0.29, 0.717) is 19.0 Å². The monoisotopic (exact) mass is 267 g/mol. The minimum absolute atomic E-state index is 0.0377. The Hall–Kier alpha value is -1.93. The van der Waals surface area contributed by atoms with Gasteiger partial charge in [-0.15, -0.1) is 0 Å². The average Bonchev–Trinajstić information content (AvgIpc) is 2.40. The first-order valence-corrected chi connectivity index (χ1v) is 6.02. The van der Waals surface area contributed by atoms with E-state index in [0.717, 1.165) is 0 Å². The Morgan fingerprint density at radius 3 is 2.95 bits per heavy atom. The van der Waals surface area contributed by atoms with Gasteiger partial charge in [-0.1, -0.05) is 0 Å². The van der Waals surface area contributed by atoms with Crippen LogP contribution < -0.4 is 16.2 Å². The van der Waals surface area contributed by atoms with E-state index in [1.54, 1.807) is 0 Å². The molecule has 0 spiro atoms. The Morgan fingerprint density at radius 2 is 2.32 bits per heavy atom. The van der Waals surface area contributed by atoms with Crippen molar-refractivity contribution in [3.63, 3.8) is 0 Å². The van der Waals surface area contributed by atoms with Crippen LogP contribution in [0, 0.1) is 10.1 Å². The van der Waals surface area contributed by atoms with Gasteiger partial charge in [0.2, 0.25) is 0 Å². The van der Waals surface area contributed by atoms with Crippen LogP contribution in [0.4, 0.5) is 17.3 Å². The van der Waals surface area contributed by atoms with E-state index >= 15 is 0 Å². The molecule has 1 aliphatic heterocycles. The number of anilines is 2. The largest absolute Gasteiger partial charge is 0.375 e. The first-order valence-electron chi connectivity index (χ1n) is 6.02. The minimum atomic E-state index is -0.458. The second kappa shape index (κ2) is 5.37. The number of aromatic nitrogens is 1. The number of nitrogen functional groups attached to an aromatic ring is 1. The zero-order valence-corrected chi connectivity index (χ0v) is 10.9. The van der Waals surface area contributed by atoms with Crippen LogP contribution in [0.3, 0.4) is 0 Å². The molecule has 2 unspecified atom stereocenters. The summed E-state index contributed by atoms with van der Waals surface area (Å²) in [4.78, 5) is 16.7. The van der Waals surface area contributed by atoms with Crippen LogP contribution in [0.15, 0.2) is 12.1 Å². The Labute approximate surface area is 110 Å². The number of hydrogen-bond acceptors (Lipinski definition) is 7. The molecule has 0 bridgehead atoms. The molecule has 2 atom stereocenters. The summed E-state index contributed by atoms with van der Waals surface area (Å²) in [5.74, 6) is 6.11. The average molecular weight is 267 g/mol. The van der Waals surface area contributed by atoms with Crippen molar-refractivity contribution in [2.45, 2.75) is 26.0 Å². The first-order chi connectivity index (χ1) is 9.01. The van der Waals surface area contributed by atoms with Crippen molar-refractivity contribution in [2.24, 2.45) is 5.84 Å². The molecule has 2 heterocycles. The molecule has 1 aromatic heterocycles. The number of nitrogens with two attached hydrogens (primary N) is 1. The summed E-state index contributed by atoms with van der Waals surface area (Å²) in [5.41, 5.74) is 2.32. The summed E-state index contributed by atoms with van der Waals surface area (Å²) in [7, 11) is 0. The second-order valence-electron chi connectivity index (χ2n) is 4.62. The highest BCUT2D eigenvalue weighted by Gasteiger charge is 2.26. The van der Waals surface area contributed by atoms with Gasteiger partial charge in [0.1, 0.15) is 11.6 Å². The van der Waals surface area contributed by atoms with E-state index < -0.39 is 4.92 Å². The van der Waals surface area contributed by atoms with Crippen molar-refractivity contribution >= 4 is 17.3 Å². The Morgan fingerprint density at radius 1 is 1.58 bits per heavy atom. The summed E-state index contributed by atoms with van der Waals surface area (Å²) >= 11 is 0. The summed E-state index contributed by atoms with van der Waals surface area (Å²) in [6.45, 7) is 5.15. The third-order valence-electron chi connectivity index (χ3n) is 3.06. The summed E-state index contributed by atoms with van der Waals surface area (Å²) < 4.78 is 5.53. The lowest BCUT2D eigenvalue weighted by atomic mass is 10.2. The standard InChI is InChI=1S/C11H17N5O3/c1-7-6-19-8(2)5-15(7)11-4-9(16(17)18)3-10(13-11)14-12/h3-4,7-8H,5-6,12H2,1-2H3,(H,13,14). The van der Waals surface area contributed by atoms with Crippen LogP contribution in [-0.4, -0.2) is 35.2 Å². The number of rotatable bonds is 3. The Balaban J connectivity index is 2.37. The third kappa shape index (κ3) is 2.91. The lowest BCUT2D eigenvalue weighted by molar-refractivity contribution is -0.384. The van der Waals surface area contributed by atoms with Crippen molar-refractivity contribution in [3.05, 3.63) is 22.2 Å². The van der Waals surface area contributed by atoms with Gasteiger partial charge in [0.25, 0.3) is 5.69 Å². The Kier molecular flexibility index (Phi) is 3.82. The van der Waals surface area contributed by atoms with Gasteiger partial charge < -0.3 is 15.1 Å². The number of hydrogen-bond donors (Lipinski definition) is 2. The van der Waals surface area contributed by atoms with Crippen LogP contribution in [-0.2, 0) is 4.74 Å². The number of pyridine rings is 1. The molecule has 1 saturated heterocycles. The van der Waals surface area contributed by atoms with E-state index in [9.17, 15) is 10.1 Å². The zero-order chi connectivity index (χ0) is 14.0.